The molecule has 2 fully saturated rings. The van der Waals surface area contributed by atoms with Crippen molar-refractivity contribution in [1.29, 1.82) is 0 Å². The maximum absolute atomic E-state index is 5.29. The number of nitrogens with one attached hydrogen (secondary N) is 1. The van der Waals surface area contributed by atoms with E-state index in [1.807, 2.05) is 18.8 Å². The average molecular weight is 461 g/mol. The molecule has 24 heavy (non-hydrogen) atoms. The summed E-state index contributed by atoms with van der Waals surface area (Å²) in [5, 5.41) is 3.61. The fourth-order valence-corrected chi connectivity index (χ4v) is 4.41. The van der Waals surface area contributed by atoms with Gasteiger partial charge < -0.3 is 15.0 Å². The summed E-state index contributed by atoms with van der Waals surface area (Å²) in [6.45, 7) is 3.96. The molecule has 1 unspecified atom stereocenters. The fraction of sp³-hybridized carbons (Fsp3) is 0.611. The summed E-state index contributed by atoms with van der Waals surface area (Å²) in [7, 11) is 3.67. The Morgan fingerprint density at radius 2 is 2.12 bits per heavy atom. The van der Waals surface area contributed by atoms with E-state index in [2.05, 4.69) is 45.5 Å². The molecular weight excluding hydrogens is 433 g/mol. The molecule has 1 N–H and O–H groups in total. The second-order valence-corrected chi connectivity index (χ2v) is 8.10. The number of hydrogen-bond donors (Lipinski definition) is 1. The lowest BCUT2D eigenvalue weighted by molar-refractivity contribution is 0.157. The van der Waals surface area contributed by atoms with Crippen molar-refractivity contribution in [3.8, 4) is 0 Å². The highest BCUT2D eigenvalue weighted by Gasteiger charge is 2.44. The molecule has 1 aromatic carbocycles. The molecule has 3 rings (SSSR count). The Bertz CT molecular complexity index is 536. The maximum atomic E-state index is 5.29. The molecule has 0 bridgehead atoms. The molecule has 1 aliphatic carbocycles. The van der Waals surface area contributed by atoms with E-state index in [0.717, 1.165) is 32.2 Å². The van der Waals surface area contributed by atoms with Crippen LogP contribution in [0.15, 0.2) is 40.2 Å². The largest absolute Gasteiger partial charge is 0.384 e. The van der Waals surface area contributed by atoms with Crippen LogP contribution in [-0.2, 0) is 4.74 Å². The summed E-state index contributed by atoms with van der Waals surface area (Å²) in [6, 6.07) is 10.7. The molecule has 1 saturated heterocycles. The Kier molecular flexibility index (Phi) is 7.68. The van der Waals surface area contributed by atoms with Crippen LogP contribution in [0, 0.1) is 5.92 Å². The number of aliphatic imine (C=N–C) groups is 1. The van der Waals surface area contributed by atoms with Crippen molar-refractivity contribution in [1.82, 2.24) is 10.2 Å². The molecule has 1 saturated carbocycles. The van der Waals surface area contributed by atoms with Crippen molar-refractivity contribution in [2.75, 3.05) is 40.4 Å². The van der Waals surface area contributed by atoms with Crippen molar-refractivity contribution in [2.45, 2.75) is 28.9 Å². The minimum atomic E-state index is 0. The zero-order valence-corrected chi connectivity index (χ0v) is 17.7. The van der Waals surface area contributed by atoms with E-state index >= 15 is 0 Å². The summed E-state index contributed by atoms with van der Waals surface area (Å²) in [5.74, 6) is 1.68. The van der Waals surface area contributed by atoms with Crippen LogP contribution in [0.4, 0.5) is 0 Å². The molecule has 2 aliphatic rings. The Labute approximate surface area is 166 Å². The molecule has 0 spiro atoms. The highest BCUT2D eigenvalue weighted by molar-refractivity contribution is 14.0. The highest BCUT2D eigenvalue weighted by atomic mass is 127. The smallest absolute Gasteiger partial charge is 0.193 e. The number of hydrogen-bond acceptors (Lipinski definition) is 3. The summed E-state index contributed by atoms with van der Waals surface area (Å²) in [4.78, 5) is 8.22. The summed E-state index contributed by atoms with van der Waals surface area (Å²) in [5.41, 5.74) is 0. The molecule has 1 atom stereocenters. The van der Waals surface area contributed by atoms with Crippen LogP contribution < -0.4 is 5.32 Å². The predicted molar refractivity (Wildman–Crippen MR) is 113 cm³/mol. The number of guanidine groups is 1. The SMILES string of the molecule is CN=C(NCC1(Sc2ccccc2)CC1)N1CCC(COC)C1.I. The first-order valence-corrected chi connectivity index (χ1v) is 9.25. The van der Waals surface area contributed by atoms with Crippen LogP contribution in [0.2, 0.25) is 0 Å². The first-order valence-electron chi connectivity index (χ1n) is 8.43. The molecule has 4 nitrogen and oxygen atoms in total. The van der Waals surface area contributed by atoms with E-state index in [-0.39, 0.29) is 24.0 Å². The van der Waals surface area contributed by atoms with Crippen molar-refractivity contribution in [2.24, 2.45) is 10.9 Å². The molecule has 0 radical (unpaired) electrons. The van der Waals surface area contributed by atoms with Crippen molar-refractivity contribution < 1.29 is 4.74 Å². The van der Waals surface area contributed by atoms with Crippen LogP contribution in [0.3, 0.4) is 0 Å². The summed E-state index contributed by atoms with van der Waals surface area (Å²) in [6.07, 6.45) is 3.75. The Balaban J connectivity index is 0.00000208. The third-order valence-electron chi connectivity index (χ3n) is 4.65. The normalized spacial score (nSPS) is 22.2. The van der Waals surface area contributed by atoms with Gasteiger partial charge in [0.2, 0.25) is 0 Å². The minimum absolute atomic E-state index is 0. The molecule has 1 heterocycles. The standard InChI is InChI=1S/C18H27N3OS.HI/c1-19-17(21-11-8-15(12-21)13-22-2)20-14-18(9-10-18)23-16-6-4-3-5-7-16;/h3-7,15H,8-14H2,1-2H3,(H,19,20);1H. The monoisotopic (exact) mass is 461 g/mol. The van der Waals surface area contributed by atoms with Gasteiger partial charge in [-0.1, -0.05) is 18.2 Å². The molecule has 134 valence electrons. The third kappa shape index (κ3) is 5.26. The number of rotatable bonds is 6. The van der Waals surface area contributed by atoms with Gasteiger partial charge in [-0.2, -0.15) is 0 Å². The lowest BCUT2D eigenvalue weighted by Gasteiger charge is -2.24. The lowest BCUT2D eigenvalue weighted by Crippen LogP contribution is -2.43. The first kappa shape index (κ1) is 19.8. The lowest BCUT2D eigenvalue weighted by atomic mass is 10.1. The van der Waals surface area contributed by atoms with E-state index in [1.165, 1.54) is 24.2 Å². The fourth-order valence-electron chi connectivity index (χ4n) is 3.16. The van der Waals surface area contributed by atoms with Gasteiger partial charge in [0.15, 0.2) is 5.96 Å². The van der Waals surface area contributed by atoms with Gasteiger partial charge in [-0.05, 0) is 31.4 Å². The Morgan fingerprint density at radius 3 is 2.75 bits per heavy atom. The highest BCUT2D eigenvalue weighted by Crippen LogP contribution is 2.51. The number of methoxy groups -OCH3 is 1. The van der Waals surface area contributed by atoms with Crippen LogP contribution in [0.1, 0.15) is 19.3 Å². The van der Waals surface area contributed by atoms with Crippen LogP contribution >= 0.6 is 35.7 Å². The van der Waals surface area contributed by atoms with Gasteiger partial charge >= 0.3 is 0 Å². The minimum Gasteiger partial charge on any atom is -0.384 e. The molecule has 6 heteroatoms. The predicted octanol–water partition coefficient (Wildman–Crippen LogP) is 3.47. The van der Waals surface area contributed by atoms with Gasteiger partial charge in [0.05, 0.1) is 6.61 Å². The van der Waals surface area contributed by atoms with Gasteiger partial charge in [0.1, 0.15) is 0 Å². The molecule has 0 amide bonds. The Morgan fingerprint density at radius 1 is 1.38 bits per heavy atom. The number of thioether (sulfide) groups is 1. The summed E-state index contributed by atoms with van der Waals surface area (Å²) >= 11 is 2.00. The van der Waals surface area contributed by atoms with Crippen LogP contribution in [-0.4, -0.2) is 56.0 Å². The molecule has 1 aromatic rings. The quantitative estimate of drug-likeness (QED) is 0.400. The topological polar surface area (TPSA) is 36.9 Å². The van der Waals surface area contributed by atoms with E-state index < -0.39 is 0 Å². The number of ether oxygens (including phenoxy) is 1. The van der Waals surface area contributed by atoms with Gasteiger partial charge in [-0.3, -0.25) is 4.99 Å². The average Bonchev–Trinajstić information content (AvgIpc) is 3.17. The number of benzene rings is 1. The van der Waals surface area contributed by atoms with Crippen molar-refractivity contribution in [3.63, 3.8) is 0 Å². The first-order chi connectivity index (χ1) is 11.2. The van der Waals surface area contributed by atoms with Gasteiger partial charge in [0, 0.05) is 49.4 Å². The van der Waals surface area contributed by atoms with Crippen LogP contribution in [0.25, 0.3) is 0 Å². The van der Waals surface area contributed by atoms with Crippen LogP contribution in [0.5, 0.6) is 0 Å². The van der Waals surface area contributed by atoms with Crippen molar-refractivity contribution >= 4 is 41.7 Å². The second-order valence-electron chi connectivity index (χ2n) is 6.55. The van der Waals surface area contributed by atoms with Gasteiger partial charge in [-0.15, -0.1) is 35.7 Å². The maximum Gasteiger partial charge on any atom is 0.193 e. The zero-order chi connectivity index (χ0) is 16.1. The number of nitrogens with zero attached hydrogens (tertiary/aromatic N) is 2. The third-order valence-corrected chi connectivity index (χ3v) is 6.15. The van der Waals surface area contributed by atoms with Gasteiger partial charge in [0.25, 0.3) is 0 Å². The molecular formula is C18H28IN3OS. The van der Waals surface area contributed by atoms with E-state index in [1.54, 1.807) is 7.11 Å². The molecule has 0 aromatic heterocycles. The van der Waals surface area contributed by atoms with E-state index in [4.69, 9.17) is 4.74 Å². The second kappa shape index (κ2) is 9.29. The number of halogens is 1. The van der Waals surface area contributed by atoms with Gasteiger partial charge in [-0.25, -0.2) is 0 Å². The summed E-state index contributed by atoms with van der Waals surface area (Å²) < 4.78 is 5.64. The van der Waals surface area contributed by atoms with E-state index in [9.17, 15) is 0 Å². The van der Waals surface area contributed by atoms with Crippen molar-refractivity contribution in [3.05, 3.63) is 30.3 Å². The number of likely N-dealkylation sites (tertiary alicyclic amines) is 1. The van der Waals surface area contributed by atoms with E-state index in [0.29, 0.717) is 10.7 Å². The zero-order valence-electron chi connectivity index (χ0n) is 14.5. The molecule has 1 aliphatic heterocycles. The Hall–Kier alpha value is -0.470.